The first-order valence-electron chi connectivity index (χ1n) is 21.7. The molecule has 0 aliphatic carbocycles. The Balaban J connectivity index is 0.000000241. The van der Waals surface area contributed by atoms with Crippen LogP contribution < -0.4 is 0 Å². The molecule has 0 aromatic heterocycles. The molecule has 0 radical (unpaired) electrons. The molecule has 342 valence electrons. The Kier molecular flexibility index (Phi) is 23.8. The summed E-state index contributed by atoms with van der Waals surface area (Å²) in [6.07, 6.45) is 1.94. The predicted octanol–water partition coefficient (Wildman–Crippen LogP) is 12.8. The predicted molar refractivity (Wildman–Crippen MR) is 283 cm³/mol. The van der Waals surface area contributed by atoms with E-state index in [2.05, 4.69) is 141 Å². The van der Waals surface area contributed by atoms with Crippen LogP contribution in [0.15, 0.2) is 179 Å². The molecule has 0 aliphatic rings. The topological polar surface area (TPSA) is 93.1 Å². The van der Waals surface area contributed by atoms with Gasteiger partial charge in [-0.1, -0.05) is 165 Å². The fourth-order valence-electron chi connectivity index (χ4n) is 5.67. The highest BCUT2D eigenvalue weighted by Crippen LogP contribution is 2.24. The smallest absolute Gasteiger partial charge is 0.333 e. The molecular weight excluding hydrogens is 976 g/mol. The first-order chi connectivity index (χ1) is 32.9. The summed E-state index contributed by atoms with van der Waals surface area (Å²) in [5, 5.41) is 17.4. The van der Waals surface area contributed by atoms with Crippen LogP contribution in [0.4, 0.5) is 0 Å². The Morgan fingerprint density at radius 3 is 0.853 bits per heavy atom. The van der Waals surface area contributed by atoms with Crippen molar-refractivity contribution in [2.75, 3.05) is 26.4 Å². The Morgan fingerprint density at radius 1 is 0.412 bits per heavy atom. The summed E-state index contributed by atoms with van der Waals surface area (Å²) in [4.78, 5) is 22.6. The summed E-state index contributed by atoms with van der Waals surface area (Å²) in [5.41, 5.74) is 11.4. The van der Waals surface area contributed by atoms with Gasteiger partial charge in [0.05, 0.1) is 13.2 Å². The largest absolute Gasteiger partial charge is 0.461 e. The average Bonchev–Trinajstić information content (AvgIpc) is 3.35. The van der Waals surface area contributed by atoms with Crippen LogP contribution in [0.25, 0.3) is 33.4 Å². The zero-order valence-electron chi connectivity index (χ0n) is 38.2. The van der Waals surface area contributed by atoms with Gasteiger partial charge < -0.3 is 19.7 Å². The van der Waals surface area contributed by atoms with Gasteiger partial charge >= 0.3 is 11.9 Å². The molecule has 6 nitrogen and oxygen atoms in total. The van der Waals surface area contributed by atoms with Gasteiger partial charge in [-0.15, -0.1) is 0 Å². The van der Waals surface area contributed by atoms with Crippen LogP contribution in [-0.4, -0.2) is 48.6 Å². The highest BCUT2D eigenvalue weighted by molar-refractivity contribution is 9.10. The SMILES string of the molecule is Brc1ccc(-c2ccc(Br)cc2)cc1.C=C(C)C(=O)OCCC#Cc1ccc(-c2ccc(C#CCCOC(=O)C(=C)C)cc2)cc1.OCCC#Cc1ccc(-c2ccc(C#CCCO)cc2)cc1. The first kappa shape index (κ1) is 53.5. The standard InChI is InChI=1S/C28H26O4.C20H18O2.C12H8Br2/c1-21(2)27(29)31-19-7-5-9-23-11-15-25(16-12-23)26-17-13-24(14-18-26)10-6-8-20-32-28(30)22(3)4;21-15-3-1-5-17-7-11-19(12-8-17)20-13-9-18(10-14-20)6-2-4-16-22;13-11-5-1-9(2-6-11)10-3-7-12(14)8-4-10/h11-18H,1,3,7-8,19-20H2,2,4H3;7-14,21-22H,3-4,15-16H2;1-8H. The third-order valence-electron chi connectivity index (χ3n) is 9.25. The van der Waals surface area contributed by atoms with E-state index in [0.29, 0.717) is 36.8 Å². The molecule has 8 heteroatoms. The number of esters is 2. The van der Waals surface area contributed by atoms with Crippen molar-refractivity contribution in [3.63, 3.8) is 0 Å². The molecule has 6 aromatic rings. The van der Waals surface area contributed by atoms with Gasteiger partial charge in [0, 0.05) is 68.0 Å². The number of carbonyl (C=O) groups is 2. The quantitative estimate of drug-likeness (QED) is 0.0581. The van der Waals surface area contributed by atoms with E-state index in [-0.39, 0.29) is 26.4 Å². The minimum absolute atomic E-state index is 0.0959. The van der Waals surface area contributed by atoms with Crippen molar-refractivity contribution in [2.45, 2.75) is 39.5 Å². The van der Waals surface area contributed by atoms with Crippen LogP contribution in [-0.2, 0) is 19.1 Å². The van der Waals surface area contributed by atoms with E-state index in [4.69, 9.17) is 19.7 Å². The molecule has 68 heavy (non-hydrogen) atoms. The molecule has 0 saturated heterocycles. The number of rotatable bonds is 11. The number of hydrogen-bond acceptors (Lipinski definition) is 6. The van der Waals surface area contributed by atoms with Gasteiger partial charge in [-0.25, -0.2) is 9.59 Å². The van der Waals surface area contributed by atoms with Gasteiger partial charge in [-0.3, -0.25) is 0 Å². The summed E-state index contributed by atoms with van der Waals surface area (Å²) in [7, 11) is 0. The number of hydrogen-bond donors (Lipinski definition) is 2. The van der Waals surface area contributed by atoms with E-state index in [0.717, 1.165) is 53.5 Å². The summed E-state index contributed by atoms with van der Waals surface area (Å²) < 4.78 is 12.2. The fraction of sp³-hybridized carbons (Fsp3) is 0.167. The molecule has 0 unspecified atom stereocenters. The monoisotopic (exact) mass is 1030 g/mol. The molecule has 0 aliphatic heterocycles. The van der Waals surface area contributed by atoms with E-state index < -0.39 is 11.9 Å². The lowest BCUT2D eigenvalue weighted by Gasteiger charge is -2.02. The van der Waals surface area contributed by atoms with Gasteiger partial charge in [0.1, 0.15) is 13.2 Å². The Bertz CT molecular complexity index is 2630. The lowest BCUT2D eigenvalue weighted by Crippen LogP contribution is -2.05. The third kappa shape index (κ3) is 20.2. The van der Waals surface area contributed by atoms with Crippen molar-refractivity contribution in [1.82, 2.24) is 0 Å². The molecule has 6 aromatic carbocycles. The molecular formula is C60H52Br2O6. The maximum atomic E-state index is 11.3. The number of ether oxygens (including phenoxy) is 2. The Labute approximate surface area is 418 Å². The fourth-order valence-corrected chi connectivity index (χ4v) is 6.20. The number of benzene rings is 6. The summed E-state index contributed by atoms with van der Waals surface area (Å²) in [6.45, 7) is 11.0. The third-order valence-corrected chi connectivity index (χ3v) is 10.3. The lowest BCUT2D eigenvalue weighted by molar-refractivity contribution is -0.139. The van der Waals surface area contributed by atoms with Crippen LogP contribution in [0.3, 0.4) is 0 Å². The van der Waals surface area contributed by atoms with Crippen LogP contribution in [0.1, 0.15) is 61.8 Å². The average molecular weight is 1030 g/mol. The van der Waals surface area contributed by atoms with Crippen molar-refractivity contribution in [1.29, 1.82) is 0 Å². The van der Waals surface area contributed by atoms with Crippen LogP contribution >= 0.6 is 31.9 Å². The van der Waals surface area contributed by atoms with Gasteiger partial charge in [0.25, 0.3) is 0 Å². The van der Waals surface area contributed by atoms with Gasteiger partial charge in [0.2, 0.25) is 0 Å². The van der Waals surface area contributed by atoms with E-state index in [1.807, 2.05) is 97.1 Å². The lowest BCUT2D eigenvalue weighted by atomic mass is 10.0. The van der Waals surface area contributed by atoms with Gasteiger partial charge in [-0.05, 0) is 120 Å². The molecule has 2 N–H and O–H groups in total. The highest BCUT2D eigenvalue weighted by Gasteiger charge is 2.03. The van der Waals surface area contributed by atoms with Crippen molar-refractivity contribution in [3.8, 4) is 80.7 Å². The Hall–Kier alpha value is -7.14. The second-order valence-corrected chi connectivity index (χ2v) is 16.6. The maximum absolute atomic E-state index is 11.3. The molecule has 0 heterocycles. The van der Waals surface area contributed by atoms with E-state index in [9.17, 15) is 9.59 Å². The number of halogens is 2. The number of aliphatic hydroxyl groups is 2. The van der Waals surface area contributed by atoms with E-state index in [1.54, 1.807) is 13.8 Å². The van der Waals surface area contributed by atoms with Crippen LogP contribution in [0.2, 0.25) is 0 Å². The first-order valence-corrected chi connectivity index (χ1v) is 23.3. The Morgan fingerprint density at radius 2 is 0.632 bits per heavy atom. The van der Waals surface area contributed by atoms with Crippen LogP contribution in [0.5, 0.6) is 0 Å². The summed E-state index contributed by atoms with van der Waals surface area (Å²) in [5.74, 6) is 23.2. The minimum Gasteiger partial charge on any atom is -0.461 e. The molecule has 0 spiro atoms. The zero-order chi connectivity index (χ0) is 48.9. The minimum atomic E-state index is -0.391. The molecule has 0 fully saturated rings. The maximum Gasteiger partial charge on any atom is 0.333 e. The molecule has 0 bridgehead atoms. The molecule has 6 rings (SSSR count). The van der Waals surface area contributed by atoms with Crippen molar-refractivity contribution >= 4 is 43.8 Å². The highest BCUT2D eigenvalue weighted by atomic mass is 79.9. The number of aliphatic hydroxyl groups excluding tert-OH is 2. The van der Waals surface area contributed by atoms with Gasteiger partial charge in [-0.2, -0.15) is 0 Å². The second kappa shape index (κ2) is 30.2. The van der Waals surface area contributed by atoms with Crippen LogP contribution in [0, 0.1) is 47.4 Å². The molecule has 0 saturated carbocycles. The summed E-state index contributed by atoms with van der Waals surface area (Å²) >= 11 is 6.84. The summed E-state index contributed by atoms with van der Waals surface area (Å²) in [6, 6.07) is 48.6. The molecule has 0 amide bonds. The number of carbonyl (C=O) groups excluding carboxylic acids is 2. The van der Waals surface area contributed by atoms with Crippen molar-refractivity contribution in [2.24, 2.45) is 0 Å². The van der Waals surface area contributed by atoms with Crippen molar-refractivity contribution in [3.05, 3.63) is 201 Å². The van der Waals surface area contributed by atoms with Crippen molar-refractivity contribution < 1.29 is 29.3 Å². The van der Waals surface area contributed by atoms with E-state index >= 15 is 0 Å². The second-order valence-electron chi connectivity index (χ2n) is 14.8. The normalized spacial score (nSPS) is 9.56. The zero-order valence-corrected chi connectivity index (χ0v) is 41.4. The molecule has 0 atom stereocenters. The van der Waals surface area contributed by atoms with E-state index in [1.165, 1.54) is 11.1 Å². The van der Waals surface area contributed by atoms with Gasteiger partial charge in [0.15, 0.2) is 0 Å².